The van der Waals surface area contributed by atoms with Gasteiger partial charge in [-0.2, -0.15) is 0 Å². The summed E-state index contributed by atoms with van der Waals surface area (Å²) in [6, 6.07) is 7.71. The molecule has 0 amide bonds. The number of hydrogen-bond donors (Lipinski definition) is 1. The summed E-state index contributed by atoms with van der Waals surface area (Å²) in [4.78, 5) is 42.8. The second-order valence-corrected chi connectivity index (χ2v) is 8.20. The Balaban J connectivity index is 2.22. The number of carbonyl (C=O) groups excluding carboxylic acids is 1. The number of halogens is 1. The largest absolute Gasteiger partial charge is 0.329 e. The summed E-state index contributed by atoms with van der Waals surface area (Å²) < 4.78 is 3.97. The molecule has 3 aromatic rings. The number of imidazole rings is 1. The molecule has 0 aliphatic carbocycles. The zero-order valence-electron chi connectivity index (χ0n) is 14.4. The summed E-state index contributed by atoms with van der Waals surface area (Å²) in [5.41, 5.74) is 0.556. The van der Waals surface area contributed by atoms with Crippen LogP contribution >= 0.6 is 27.7 Å². The molecule has 1 atom stereocenters. The maximum atomic E-state index is 12.4. The van der Waals surface area contributed by atoms with E-state index in [0.717, 1.165) is 10.0 Å². The summed E-state index contributed by atoms with van der Waals surface area (Å²) in [5.74, 6) is 0.0128. The van der Waals surface area contributed by atoms with Gasteiger partial charge in [-0.3, -0.25) is 19.1 Å². The minimum atomic E-state index is -0.522. The Morgan fingerprint density at radius 2 is 2.12 bits per heavy atom. The molecule has 3 rings (SSSR count). The Morgan fingerprint density at radius 1 is 1.38 bits per heavy atom. The maximum absolute atomic E-state index is 12.4. The van der Waals surface area contributed by atoms with Crippen molar-refractivity contribution < 1.29 is 4.79 Å². The van der Waals surface area contributed by atoms with Gasteiger partial charge in [0.2, 0.25) is 0 Å². The van der Waals surface area contributed by atoms with Crippen molar-refractivity contribution in [3.8, 4) is 0 Å². The van der Waals surface area contributed by atoms with Crippen molar-refractivity contribution in [3.63, 3.8) is 0 Å². The van der Waals surface area contributed by atoms with E-state index in [1.807, 2.05) is 24.3 Å². The highest BCUT2D eigenvalue weighted by Crippen LogP contribution is 2.27. The molecular weight excluding hydrogens is 420 g/mol. The third kappa shape index (κ3) is 3.54. The molecule has 7 nitrogen and oxygen atoms in total. The number of nitrogens with zero attached hydrogens (tertiary/aromatic N) is 3. The van der Waals surface area contributed by atoms with Gasteiger partial charge in [-0.15, -0.1) is 0 Å². The van der Waals surface area contributed by atoms with Crippen molar-refractivity contribution >= 4 is 44.6 Å². The summed E-state index contributed by atoms with van der Waals surface area (Å²) in [7, 11) is 1.56. The summed E-state index contributed by atoms with van der Waals surface area (Å²) in [6.07, 6.45) is 0. The van der Waals surface area contributed by atoms with E-state index >= 15 is 0 Å². The van der Waals surface area contributed by atoms with Crippen LogP contribution in [-0.4, -0.2) is 30.1 Å². The van der Waals surface area contributed by atoms with Crippen molar-refractivity contribution in [2.45, 2.75) is 30.8 Å². The molecule has 1 N–H and O–H groups in total. The van der Waals surface area contributed by atoms with Crippen molar-refractivity contribution in [2.24, 2.45) is 7.05 Å². The molecule has 136 valence electrons. The van der Waals surface area contributed by atoms with E-state index in [4.69, 9.17) is 0 Å². The minimum absolute atomic E-state index is 0.0128. The molecule has 26 heavy (non-hydrogen) atoms. The Bertz CT molecular complexity index is 1120. The Morgan fingerprint density at radius 3 is 2.77 bits per heavy atom. The highest BCUT2D eigenvalue weighted by molar-refractivity contribution is 9.10. The van der Waals surface area contributed by atoms with Crippen molar-refractivity contribution in [3.05, 3.63) is 55.1 Å². The highest BCUT2D eigenvalue weighted by atomic mass is 79.9. The van der Waals surface area contributed by atoms with Gasteiger partial charge >= 0.3 is 5.69 Å². The first-order chi connectivity index (χ1) is 12.3. The lowest BCUT2D eigenvalue weighted by molar-refractivity contribution is -0.116. The van der Waals surface area contributed by atoms with Crippen LogP contribution in [0.2, 0.25) is 0 Å². The normalized spacial score (nSPS) is 12.5. The number of H-pyrrole nitrogens is 1. The first-order valence-corrected chi connectivity index (χ1v) is 9.56. The Labute approximate surface area is 161 Å². The van der Waals surface area contributed by atoms with Crippen LogP contribution in [0.1, 0.15) is 19.4 Å². The van der Waals surface area contributed by atoms with Crippen molar-refractivity contribution in [1.29, 1.82) is 0 Å². The van der Waals surface area contributed by atoms with Gasteiger partial charge < -0.3 is 4.57 Å². The molecule has 2 heterocycles. The van der Waals surface area contributed by atoms with Crippen LogP contribution in [0.5, 0.6) is 0 Å². The minimum Gasteiger partial charge on any atom is -0.309 e. The van der Waals surface area contributed by atoms with E-state index in [1.165, 1.54) is 23.3 Å². The second kappa shape index (κ2) is 7.24. The van der Waals surface area contributed by atoms with Gasteiger partial charge in [-0.1, -0.05) is 39.8 Å². The number of aromatic amines is 1. The quantitative estimate of drug-likeness (QED) is 0.619. The predicted octanol–water partition coefficient (Wildman–Crippen LogP) is 2.30. The lowest BCUT2D eigenvalue weighted by atomic mass is 10.2. The van der Waals surface area contributed by atoms with Crippen LogP contribution in [0.15, 0.2) is 43.5 Å². The van der Waals surface area contributed by atoms with E-state index in [1.54, 1.807) is 18.5 Å². The van der Waals surface area contributed by atoms with Crippen LogP contribution in [0.25, 0.3) is 11.2 Å². The van der Waals surface area contributed by atoms with E-state index in [9.17, 15) is 14.4 Å². The number of aryl methyl sites for hydroxylation is 1. The third-order valence-corrected chi connectivity index (χ3v) is 5.76. The molecule has 0 unspecified atom stereocenters. The monoisotopic (exact) mass is 436 g/mol. The molecule has 0 aliphatic heterocycles. The molecule has 0 saturated carbocycles. The molecule has 0 aliphatic rings. The number of carbonyl (C=O) groups is 1. The SMILES string of the molecule is CC(=O)[C@@H](C)Sc1nc2c(c(=O)[nH]c(=O)n2C)n1Cc1cccc(Br)c1. The average Bonchev–Trinajstić information content (AvgIpc) is 2.91. The van der Waals surface area contributed by atoms with Gasteiger partial charge in [0, 0.05) is 11.5 Å². The molecule has 0 fully saturated rings. The van der Waals surface area contributed by atoms with Gasteiger partial charge in [0.1, 0.15) is 5.78 Å². The number of fused-ring (bicyclic) bond motifs is 1. The van der Waals surface area contributed by atoms with E-state index in [0.29, 0.717) is 22.9 Å². The van der Waals surface area contributed by atoms with E-state index in [2.05, 4.69) is 25.9 Å². The standard InChI is InChI=1S/C17H17BrN4O3S/c1-9(23)10(2)26-17-19-14-13(15(24)20-16(25)21(14)3)22(17)8-11-5-4-6-12(18)7-11/h4-7,10H,8H2,1-3H3,(H,20,24,25)/t10-/m1/s1. The number of rotatable bonds is 5. The van der Waals surface area contributed by atoms with Crippen molar-refractivity contribution in [1.82, 2.24) is 19.1 Å². The number of Topliss-reactive ketones (excluding diaryl/α,β-unsaturated/α-hetero) is 1. The highest BCUT2D eigenvalue weighted by Gasteiger charge is 2.21. The number of ketones is 1. The Kier molecular flexibility index (Phi) is 5.19. The van der Waals surface area contributed by atoms with Crippen molar-refractivity contribution in [2.75, 3.05) is 0 Å². The fraction of sp³-hybridized carbons (Fsp3) is 0.294. The molecule has 1 aromatic carbocycles. The molecule has 0 spiro atoms. The number of thioether (sulfide) groups is 1. The zero-order chi connectivity index (χ0) is 19.0. The van der Waals surface area contributed by atoms with Gasteiger partial charge in [0.05, 0.1) is 11.8 Å². The predicted molar refractivity (Wildman–Crippen MR) is 105 cm³/mol. The average molecular weight is 437 g/mol. The molecule has 0 bridgehead atoms. The molecule has 0 radical (unpaired) electrons. The van der Waals surface area contributed by atoms with Crippen LogP contribution in [0.4, 0.5) is 0 Å². The fourth-order valence-corrected chi connectivity index (χ4v) is 3.86. The van der Waals surface area contributed by atoms with Gasteiger partial charge in [0.25, 0.3) is 5.56 Å². The first-order valence-electron chi connectivity index (χ1n) is 7.89. The number of hydrogen-bond acceptors (Lipinski definition) is 5. The molecule has 9 heteroatoms. The Hall–Kier alpha value is -2.13. The summed E-state index contributed by atoms with van der Waals surface area (Å²) in [5, 5.41) is 0.207. The number of aromatic nitrogens is 4. The van der Waals surface area contributed by atoms with E-state index in [-0.39, 0.29) is 11.0 Å². The van der Waals surface area contributed by atoms with Crippen LogP contribution in [0.3, 0.4) is 0 Å². The second-order valence-electron chi connectivity index (χ2n) is 5.97. The molecular formula is C17H17BrN4O3S. The molecule has 2 aromatic heterocycles. The summed E-state index contributed by atoms with van der Waals surface area (Å²) in [6.45, 7) is 3.70. The van der Waals surface area contributed by atoms with Gasteiger partial charge in [-0.25, -0.2) is 9.78 Å². The van der Waals surface area contributed by atoms with E-state index < -0.39 is 11.2 Å². The topological polar surface area (TPSA) is 89.8 Å². The first kappa shape index (κ1) is 18.7. The van der Waals surface area contributed by atoms with Crippen LogP contribution in [-0.2, 0) is 18.4 Å². The van der Waals surface area contributed by atoms with Gasteiger partial charge in [0.15, 0.2) is 16.3 Å². The lowest BCUT2D eigenvalue weighted by Crippen LogP contribution is -2.29. The zero-order valence-corrected chi connectivity index (χ0v) is 16.8. The van der Waals surface area contributed by atoms with Gasteiger partial charge in [-0.05, 0) is 31.5 Å². The lowest BCUT2D eigenvalue weighted by Gasteiger charge is -2.11. The third-order valence-electron chi connectivity index (χ3n) is 4.06. The number of nitrogens with one attached hydrogen (secondary N) is 1. The van der Waals surface area contributed by atoms with Crippen LogP contribution in [0, 0.1) is 0 Å². The summed E-state index contributed by atoms with van der Waals surface area (Å²) >= 11 is 4.71. The molecule has 0 saturated heterocycles. The fourth-order valence-electron chi connectivity index (χ4n) is 2.51. The maximum Gasteiger partial charge on any atom is 0.329 e. The smallest absolute Gasteiger partial charge is 0.309 e. The number of benzene rings is 1. The van der Waals surface area contributed by atoms with Crippen LogP contribution < -0.4 is 11.2 Å².